The molecule has 1 aromatic carbocycles. The summed E-state index contributed by atoms with van der Waals surface area (Å²) in [6.45, 7) is 2.19. The minimum atomic E-state index is 1.13. The summed E-state index contributed by atoms with van der Waals surface area (Å²) in [4.78, 5) is 0. The van der Waals surface area contributed by atoms with Crippen molar-refractivity contribution in [3.05, 3.63) is 40.4 Å². The quantitative estimate of drug-likeness (QED) is 0.720. The van der Waals surface area contributed by atoms with E-state index in [0.717, 1.165) is 10.9 Å². The molecule has 0 bridgehead atoms. The van der Waals surface area contributed by atoms with Gasteiger partial charge in [-0.3, -0.25) is 0 Å². The summed E-state index contributed by atoms with van der Waals surface area (Å²) >= 11 is 3.40. The zero-order valence-electron chi connectivity index (χ0n) is 7.26. The molecular weight excluding hydrogens is 212 g/mol. The van der Waals surface area contributed by atoms with E-state index in [1.54, 1.807) is 0 Å². The van der Waals surface area contributed by atoms with Gasteiger partial charge in [0, 0.05) is 4.47 Å². The fourth-order valence-electron chi connectivity index (χ4n) is 0.960. The van der Waals surface area contributed by atoms with Crippen LogP contribution in [-0.2, 0) is 0 Å². The van der Waals surface area contributed by atoms with Crippen LogP contribution in [0.25, 0.3) is 6.08 Å². The molecule has 64 valence electrons. The molecule has 0 amide bonds. The summed E-state index contributed by atoms with van der Waals surface area (Å²) in [5.41, 5.74) is 1.27. The molecule has 0 saturated heterocycles. The van der Waals surface area contributed by atoms with Gasteiger partial charge >= 0.3 is 0 Å². The van der Waals surface area contributed by atoms with E-state index >= 15 is 0 Å². The second-order valence-corrected chi connectivity index (χ2v) is 3.66. The summed E-state index contributed by atoms with van der Waals surface area (Å²) in [7, 11) is 0. The number of benzene rings is 1. The summed E-state index contributed by atoms with van der Waals surface area (Å²) < 4.78 is 1.13. The number of allylic oxidation sites excluding steroid dienone is 1. The molecule has 0 aromatic heterocycles. The molecule has 0 nitrogen and oxygen atoms in total. The third kappa shape index (κ3) is 3.22. The predicted octanol–water partition coefficient (Wildman–Crippen LogP) is 4.26. The lowest BCUT2D eigenvalue weighted by atomic mass is 10.2. The van der Waals surface area contributed by atoms with Gasteiger partial charge in [-0.15, -0.1) is 0 Å². The highest BCUT2D eigenvalue weighted by atomic mass is 79.9. The lowest BCUT2D eigenvalue weighted by Gasteiger charge is -1.92. The van der Waals surface area contributed by atoms with Crippen LogP contribution in [0.2, 0.25) is 0 Å². The molecule has 0 aliphatic heterocycles. The molecule has 0 atom stereocenters. The Kier molecular flexibility index (Phi) is 4.09. The third-order valence-electron chi connectivity index (χ3n) is 1.64. The smallest absolute Gasteiger partial charge is 0.0175 e. The monoisotopic (exact) mass is 224 g/mol. The molecule has 0 spiro atoms. The van der Waals surface area contributed by atoms with Crippen molar-refractivity contribution in [3.8, 4) is 0 Å². The van der Waals surface area contributed by atoms with Gasteiger partial charge < -0.3 is 0 Å². The van der Waals surface area contributed by atoms with Crippen LogP contribution in [0.4, 0.5) is 0 Å². The largest absolute Gasteiger partial charge is 0.0840 e. The Morgan fingerprint density at radius 2 is 1.92 bits per heavy atom. The van der Waals surface area contributed by atoms with Crippen molar-refractivity contribution in [1.82, 2.24) is 0 Å². The highest BCUT2D eigenvalue weighted by Crippen LogP contribution is 2.11. The molecule has 0 saturated carbocycles. The highest BCUT2D eigenvalue weighted by molar-refractivity contribution is 9.10. The summed E-state index contributed by atoms with van der Waals surface area (Å²) in [6, 6.07) is 8.34. The standard InChI is InChI=1S/C11H13Br/c1-2-3-4-5-10-6-8-11(12)9-7-10/h4-9H,2-3H2,1H3. The van der Waals surface area contributed by atoms with Gasteiger partial charge in [-0.1, -0.05) is 53.6 Å². The van der Waals surface area contributed by atoms with Gasteiger partial charge in [-0.2, -0.15) is 0 Å². The predicted molar refractivity (Wildman–Crippen MR) is 58.1 cm³/mol. The van der Waals surface area contributed by atoms with Crippen molar-refractivity contribution in [2.24, 2.45) is 0 Å². The zero-order chi connectivity index (χ0) is 8.81. The van der Waals surface area contributed by atoms with Crippen LogP contribution in [0.5, 0.6) is 0 Å². The SMILES string of the molecule is CCCC=Cc1ccc(Br)cc1. The van der Waals surface area contributed by atoms with Crippen molar-refractivity contribution in [3.63, 3.8) is 0 Å². The van der Waals surface area contributed by atoms with Gasteiger partial charge in [0.2, 0.25) is 0 Å². The number of unbranched alkanes of at least 4 members (excludes halogenated alkanes) is 1. The van der Waals surface area contributed by atoms with Gasteiger partial charge in [0.1, 0.15) is 0 Å². The first-order chi connectivity index (χ1) is 5.83. The Labute approximate surface area is 82.4 Å². The fourth-order valence-corrected chi connectivity index (χ4v) is 1.22. The van der Waals surface area contributed by atoms with E-state index in [2.05, 4.69) is 59.3 Å². The summed E-state index contributed by atoms with van der Waals surface area (Å²) in [5, 5.41) is 0. The summed E-state index contributed by atoms with van der Waals surface area (Å²) in [5.74, 6) is 0. The van der Waals surface area contributed by atoms with Gasteiger partial charge in [0.15, 0.2) is 0 Å². The molecule has 0 heterocycles. The number of hydrogen-bond acceptors (Lipinski definition) is 0. The van der Waals surface area contributed by atoms with E-state index in [-0.39, 0.29) is 0 Å². The van der Waals surface area contributed by atoms with Gasteiger partial charge in [-0.05, 0) is 24.1 Å². The van der Waals surface area contributed by atoms with Crippen LogP contribution >= 0.6 is 15.9 Å². The number of rotatable bonds is 3. The normalized spacial score (nSPS) is 10.8. The molecule has 12 heavy (non-hydrogen) atoms. The van der Waals surface area contributed by atoms with E-state index in [1.165, 1.54) is 12.0 Å². The topological polar surface area (TPSA) is 0 Å². The fraction of sp³-hybridized carbons (Fsp3) is 0.273. The van der Waals surface area contributed by atoms with E-state index in [0.29, 0.717) is 0 Å². The highest BCUT2D eigenvalue weighted by Gasteiger charge is 1.85. The van der Waals surface area contributed by atoms with E-state index in [1.807, 2.05) is 0 Å². The van der Waals surface area contributed by atoms with Crippen molar-refractivity contribution in [2.75, 3.05) is 0 Å². The average Bonchev–Trinajstić information content (AvgIpc) is 2.09. The van der Waals surface area contributed by atoms with E-state index in [4.69, 9.17) is 0 Å². The minimum Gasteiger partial charge on any atom is -0.0840 e. The molecule has 0 fully saturated rings. The minimum absolute atomic E-state index is 1.13. The first kappa shape index (κ1) is 9.53. The Hall–Kier alpha value is -0.560. The number of hydrogen-bond donors (Lipinski definition) is 0. The third-order valence-corrected chi connectivity index (χ3v) is 2.16. The molecule has 0 aliphatic rings. The van der Waals surface area contributed by atoms with Crippen molar-refractivity contribution in [1.29, 1.82) is 0 Å². The molecule has 1 heteroatoms. The second-order valence-electron chi connectivity index (χ2n) is 2.74. The molecular formula is C11H13Br. The van der Waals surface area contributed by atoms with Crippen LogP contribution in [0, 0.1) is 0 Å². The second kappa shape index (κ2) is 5.15. The van der Waals surface area contributed by atoms with Gasteiger partial charge in [-0.25, -0.2) is 0 Å². The maximum Gasteiger partial charge on any atom is 0.0175 e. The van der Waals surface area contributed by atoms with Crippen molar-refractivity contribution >= 4 is 22.0 Å². The van der Waals surface area contributed by atoms with Gasteiger partial charge in [0.25, 0.3) is 0 Å². The first-order valence-electron chi connectivity index (χ1n) is 4.25. The average molecular weight is 225 g/mol. The molecule has 0 unspecified atom stereocenters. The maximum absolute atomic E-state index is 3.40. The van der Waals surface area contributed by atoms with E-state index in [9.17, 15) is 0 Å². The van der Waals surface area contributed by atoms with Gasteiger partial charge in [0.05, 0.1) is 0 Å². The molecule has 0 radical (unpaired) electrons. The van der Waals surface area contributed by atoms with E-state index < -0.39 is 0 Å². The van der Waals surface area contributed by atoms with Crippen LogP contribution < -0.4 is 0 Å². The van der Waals surface area contributed by atoms with Crippen LogP contribution in [0.1, 0.15) is 25.3 Å². The molecule has 0 N–H and O–H groups in total. The number of halogens is 1. The molecule has 1 aromatic rings. The Balaban J connectivity index is 2.58. The lowest BCUT2D eigenvalue weighted by molar-refractivity contribution is 0.962. The Morgan fingerprint density at radius 1 is 1.25 bits per heavy atom. The maximum atomic E-state index is 3.40. The zero-order valence-corrected chi connectivity index (χ0v) is 8.84. The van der Waals surface area contributed by atoms with Crippen LogP contribution in [-0.4, -0.2) is 0 Å². The lowest BCUT2D eigenvalue weighted by Crippen LogP contribution is -1.70. The van der Waals surface area contributed by atoms with Crippen LogP contribution in [0.3, 0.4) is 0 Å². The molecule has 1 rings (SSSR count). The van der Waals surface area contributed by atoms with Crippen LogP contribution in [0.15, 0.2) is 34.8 Å². The Morgan fingerprint density at radius 3 is 2.50 bits per heavy atom. The first-order valence-corrected chi connectivity index (χ1v) is 5.04. The summed E-state index contributed by atoms with van der Waals surface area (Å²) in [6.07, 6.45) is 6.75. The van der Waals surface area contributed by atoms with Crippen molar-refractivity contribution < 1.29 is 0 Å². The van der Waals surface area contributed by atoms with Crippen molar-refractivity contribution in [2.45, 2.75) is 19.8 Å². The Bertz CT molecular complexity index is 246. The molecule has 0 aliphatic carbocycles.